The first-order chi connectivity index (χ1) is 10.9. The summed E-state index contributed by atoms with van der Waals surface area (Å²) in [6, 6.07) is 13.3. The average molecular weight is 332 g/mol. The van der Waals surface area contributed by atoms with Gasteiger partial charge in [-0.15, -0.1) is 0 Å². The number of hydrogen-bond acceptors (Lipinski definition) is 2. The zero-order chi connectivity index (χ0) is 16.8. The number of amides is 3. The first-order valence-electron chi connectivity index (χ1n) is 7.18. The van der Waals surface area contributed by atoms with E-state index in [9.17, 15) is 9.59 Å². The Bertz CT molecular complexity index is 716. The molecular formula is C17H18ClN3O2. The van der Waals surface area contributed by atoms with Crippen LogP contribution in [0.1, 0.15) is 24.2 Å². The zero-order valence-corrected chi connectivity index (χ0v) is 13.6. The van der Waals surface area contributed by atoms with Crippen molar-refractivity contribution < 1.29 is 9.59 Å². The molecule has 0 atom stereocenters. The van der Waals surface area contributed by atoms with Gasteiger partial charge in [-0.25, -0.2) is 4.79 Å². The van der Waals surface area contributed by atoms with E-state index in [-0.39, 0.29) is 18.0 Å². The largest absolute Gasteiger partial charge is 0.336 e. The number of rotatable bonds is 4. The van der Waals surface area contributed by atoms with E-state index in [0.29, 0.717) is 22.0 Å². The van der Waals surface area contributed by atoms with Gasteiger partial charge in [-0.2, -0.15) is 0 Å². The second kappa shape index (κ2) is 7.65. The van der Waals surface area contributed by atoms with Gasteiger partial charge in [0.25, 0.3) is 5.91 Å². The summed E-state index contributed by atoms with van der Waals surface area (Å²) in [7, 11) is 0. The van der Waals surface area contributed by atoms with Crippen LogP contribution in [0.5, 0.6) is 0 Å². The molecular weight excluding hydrogens is 314 g/mol. The Labute approximate surface area is 140 Å². The minimum absolute atomic E-state index is 0.0318. The van der Waals surface area contributed by atoms with Crippen LogP contribution in [-0.4, -0.2) is 18.0 Å². The normalized spacial score (nSPS) is 10.3. The lowest BCUT2D eigenvalue weighted by Crippen LogP contribution is -2.34. The van der Waals surface area contributed by atoms with Crippen molar-refractivity contribution in [2.75, 3.05) is 10.6 Å². The number of anilines is 2. The third-order valence-electron chi connectivity index (χ3n) is 2.88. The number of halogens is 1. The quantitative estimate of drug-likeness (QED) is 0.788. The molecule has 3 N–H and O–H groups in total. The Kier molecular flexibility index (Phi) is 5.60. The van der Waals surface area contributed by atoms with E-state index >= 15 is 0 Å². The van der Waals surface area contributed by atoms with Crippen molar-refractivity contribution >= 4 is 34.9 Å². The molecule has 2 aromatic rings. The first-order valence-corrected chi connectivity index (χ1v) is 7.56. The standard InChI is InChI=1S/C17H18ClN3O2/c1-11(2)19-17(23)21-14-7-3-5-12(9-14)16(22)20-15-8-4-6-13(18)10-15/h3-11H,1-2H3,(H,20,22)(H2,19,21,23). The van der Waals surface area contributed by atoms with Crippen molar-refractivity contribution in [2.24, 2.45) is 0 Å². The van der Waals surface area contributed by atoms with Crippen LogP contribution < -0.4 is 16.0 Å². The summed E-state index contributed by atoms with van der Waals surface area (Å²) in [4.78, 5) is 24.0. The van der Waals surface area contributed by atoms with Crippen LogP contribution >= 0.6 is 11.6 Å². The number of carbonyl (C=O) groups excluding carboxylic acids is 2. The SMILES string of the molecule is CC(C)NC(=O)Nc1cccc(C(=O)Nc2cccc(Cl)c2)c1. The lowest BCUT2D eigenvalue weighted by Gasteiger charge is -2.11. The molecule has 0 unspecified atom stereocenters. The van der Waals surface area contributed by atoms with Crippen LogP contribution in [0.3, 0.4) is 0 Å². The lowest BCUT2D eigenvalue weighted by molar-refractivity contribution is 0.102. The van der Waals surface area contributed by atoms with Crippen LogP contribution in [0, 0.1) is 0 Å². The topological polar surface area (TPSA) is 70.2 Å². The van der Waals surface area contributed by atoms with Gasteiger partial charge in [-0.3, -0.25) is 4.79 Å². The summed E-state index contributed by atoms with van der Waals surface area (Å²) < 4.78 is 0. The van der Waals surface area contributed by atoms with Gasteiger partial charge in [0.1, 0.15) is 0 Å². The van der Waals surface area contributed by atoms with E-state index in [1.165, 1.54) is 0 Å². The third-order valence-corrected chi connectivity index (χ3v) is 3.12. The average Bonchev–Trinajstić information content (AvgIpc) is 2.46. The summed E-state index contributed by atoms with van der Waals surface area (Å²) in [5.74, 6) is -0.278. The number of nitrogens with one attached hydrogen (secondary N) is 3. The molecule has 0 aliphatic heterocycles. The summed E-state index contributed by atoms with van der Waals surface area (Å²) in [5.41, 5.74) is 1.59. The second-order valence-electron chi connectivity index (χ2n) is 5.30. The van der Waals surface area contributed by atoms with Gasteiger partial charge in [0, 0.05) is 28.0 Å². The molecule has 0 aromatic heterocycles. The Morgan fingerprint density at radius 1 is 0.957 bits per heavy atom. The van der Waals surface area contributed by atoms with Gasteiger partial charge < -0.3 is 16.0 Å². The van der Waals surface area contributed by atoms with Crippen molar-refractivity contribution in [3.05, 3.63) is 59.1 Å². The maximum atomic E-state index is 12.3. The van der Waals surface area contributed by atoms with Crippen molar-refractivity contribution in [3.63, 3.8) is 0 Å². The Hall–Kier alpha value is -2.53. The highest BCUT2D eigenvalue weighted by Crippen LogP contribution is 2.17. The highest BCUT2D eigenvalue weighted by Gasteiger charge is 2.09. The van der Waals surface area contributed by atoms with E-state index in [2.05, 4.69) is 16.0 Å². The maximum absolute atomic E-state index is 12.3. The van der Waals surface area contributed by atoms with Gasteiger partial charge in [0.2, 0.25) is 0 Å². The van der Waals surface area contributed by atoms with Gasteiger partial charge >= 0.3 is 6.03 Å². The molecule has 0 bridgehead atoms. The number of carbonyl (C=O) groups is 2. The monoisotopic (exact) mass is 331 g/mol. The molecule has 2 rings (SSSR count). The van der Waals surface area contributed by atoms with Crippen LogP contribution in [0.2, 0.25) is 5.02 Å². The molecule has 2 aromatic carbocycles. The maximum Gasteiger partial charge on any atom is 0.319 e. The summed E-state index contributed by atoms with van der Waals surface area (Å²) in [6.45, 7) is 3.74. The Balaban J connectivity index is 2.06. The second-order valence-corrected chi connectivity index (χ2v) is 5.73. The fourth-order valence-electron chi connectivity index (χ4n) is 1.94. The highest BCUT2D eigenvalue weighted by atomic mass is 35.5. The molecule has 23 heavy (non-hydrogen) atoms. The van der Waals surface area contributed by atoms with Crippen LogP contribution in [-0.2, 0) is 0 Å². The van der Waals surface area contributed by atoms with Crippen molar-refractivity contribution in [1.82, 2.24) is 5.32 Å². The zero-order valence-electron chi connectivity index (χ0n) is 12.9. The highest BCUT2D eigenvalue weighted by molar-refractivity contribution is 6.31. The van der Waals surface area contributed by atoms with Crippen LogP contribution in [0.15, 0.2) is 48.5 Å². The summed E-state index contributed by atoms with van der Waals surface area (Å²) in [5, 5.41) is 8.72. The molecule has 0 aliphatic rings. The molecule has 5 nitrogen and oxygen atoms in total. The summed E-state index contributed by atoms with van der Waals surface area (Å²) >= 11 is 5.89. The van der Waals surface area contributed by atoms with E-state index < -0.39 is 0 Å². The third kappa shape index (κ3) is 5.30. The van der Waals surface area contributed by atoms with Gasteiger partial charge in [-0.05, 0) is 50.2 Å². The molecule has 0 fully saturated rings. The Morgan fingerprint density at radius 2 is 1.61 bits per heavy atom. The minimum Gasteiger partial charge on any atom is -0.336 e. The first kappa shape index (κ1) is 16.8. The van der Waals surface area contributed by atoms with E-state index in [4.69, 9.17) is 11.6 Å². The molecule has 0 spiro atoms. The van der Waals surface area contributed by atoms with Gasteiger partial charge in [0.05, 0.1) is 0 Å². The van der Waals surface area contributed by atoms with E-state index in [1.807, 2.05) is 13.8 Å². The van der Waals surface area contributed by atoms with E-state index in [1.54, 1.807) is 48.5 Å². The fourth-order valence-corrected chi connectivity index (χ4v) is 2.13. The minimum atomic E-state index is -0.313. The molecule has 0 aliphatic carbocycles. The van der Waals surface area contributed by atoms with Crippen molar-refractivity contribution in [1.29, 1.82) is 0 Å². The van der Waals surface area contributed by atoms with Gasteiger partial charge in [0.15, 0.2) is 0 Å². The van der Waals surface area contributed by atoms with Crippen molar-refractivity contribution in [3.8, 4) is 0 Å². The fraction of sp³-hybridized carbons (Fsp3) is 0.176. The van der Waals surface area contributed by atoms with Crippen LogP contribution in [0.4, 0.5) is 16.2 Å². The van der Waals surface area contributed by atoms with Gasteiger partial charge in [-0.1, -0.05) is 23.7 Å². The van der Waals surface area contributed by atoms with E-state index in [0.717, 1.165) is 0 Å². The Morgan fingerprint density at radius 3 is 2.26 bits per heavy atom. The molecule has 0 saturated carbocycles. The predicted molar refractivity (Wildman–Crippen MR) is 93.1 cm³/mol. The van der Waals surface area contributed by atoms with Crippen LogP contribution in [0.25, 0.3) is 0 Å². The van der Waals surface area contributed by atoms with Crippen molar-refractivity contribution in [2.45, 2.75) is 19.9 Å². The molecule has 6 heteroatoms. The number of benzene rings is 2. The predicted octanol–water partition coefficient (Wildman–Crippen LogP) is 4.12. The molecule has 0 radical (unpaired) electrons. The number of hydrogen-bond donors (Lipinski definition) is 3. The molecule has 0 saturated heterocycles. The summed E-state index contributed by atoms with van der Waals surface area (Å²) in [6.07, 6.45) is 0. The molecule has 0 heterocycles. The molecule has 3 amide bonds. The molecule has 120 valence electrons. The number of urea groups is 1. The smallest absolute Gasteiger partial charge is 0.319 e. The lowest BCUT2D eigenvalue weighted by atomic mass is 10.2.